The lowest BCUT2D eigenvalue weighted by atomic mass is 10.2. The Kier molecular flexibility index (Phi) is 4.59. The van der Waals surface area contributed by atoms with E-state index in [1.54, 1.807) is 12.1 Å². The molecule has 2 aromatic carbocycles. The van der Waals surface area contributed by atoms with Crippen LogP contribution in [0.4, 0.5) is 5.69 Å². The molecule has 0 fully saturated rings. The molecule has 0 aliphatic rings. The third kappa shape index (κ3) is 4.06. The van der Waals surface area contributed by atoms with Gasteiger partial charge in [0.05, 0.1) is 10.6 Å². The Labute approximate surface area is 123 Å². The van der Waals surface area contributed by atoms with E-state index in [9.17, 15) is 13.2 Å². The van der Waals surface area contributed by atoms with Gasteiger partial charge in [0.1, 0.15) is 5.75 Å². The van der Waals surface area contributed by atoms with E-state index in [0.717, 1.165) is 5.56 Å². The molecule has 0 aliphatic carbocycles. The summed E-state index contributed by atoms with van der Waals surface area (Å²) in [5, 5.41) is 2.59. The number of sulfone groups is 1. The van der Waals surface area contributed by atoms with Gasteiger partial charge in [0, 0.05) is 6.54 Å². The van der Waals surface area contributed by atoms with E-state index in [2.05, 4.69) is 5.32 Å². The minimum atomic E-state index is -3.73. The average molecular weight is 304 g/mol. The summed E-state index contributed by atoms with van der Waals surface area (Å²) in [6, 6.07) is 15.4. The molecule has 5 nitrogen and oxygen atoms in total. The Bertz CT molecular complexity index is 728. The van der Waals surface area contributed by atoms with Crippen molar-refractivity contribution in [3.63, 3.8) is 0 Å². The molecule has 6 heteroatoms. The first kappa shape index (κ1) is 15.1. The normalized spacial score (nSPS) is 11.0. The summed E-state index contributed by atoms with van der Waals surface area (Å²) in [7, 11) is -3.73. The summed E-state index contributed by atoms with van der Waals surface area (Å²) in [5.41, 5.74) is 6.69. The molecule has 0 saturated carbocycles. The number of nitrogens with two attached hydrogens (primary N) is 1. The van der Waals surface area contributed by atoms with Gasteiger partial charge in [-0.3, -0.25) is 4.79 Å². The monoisotopic (exact) mass is 304 g/mol. The number of nitrogens with one attached hydrogen (secondary N) is 1. The molecule has 0 unspecified atom stereocenters. The first-order chi connectivity index (χ1) is 9.99. The minimum absolute atomic E-state index is 0.0140. The third-order valence-corrected chi connectivity index (χ3v) is 4.59. The fourth-order valence-corrected chi connectivity index (χ4v) is 3.18. The maximum Gasteiger partial charge on any atom is 0.235 e. The number of amides is 1. The van der Waals surface area contributed by atoms with Crippen molar-refractivity contribution in [3.05, 3.63) is 60.2 Å². The second kappa shape index (κ2) is 6.41. The predicted octanol–water partition coefficient (Wildman–Crippen LogP) is 1.36. The van der Waals surface area contributed by atoms with Crippen LogP contribution < -0.4 is 11.1 Å². The maximum absolute atomic E-state index is 12.1. The van der Waals surface area contributed by atoms with E-state index in [0.29, 0.717) is 6.54 Å². The maximum atomic E-state index is 12.1. The number of rotatable bonds is 5. The second-order valence-corrected chi connectivity index (χ2v) is 6.52. The van der Waals surface area contributed by atoms with Gasteiger partial charge in [-0.2, -0.15) is 0 Å². The van der Waals surface area contributed by atoms with Gasteiger partial charge in [0.15, 0.2) is 9.84 Å². The van der Waals surface area contributed by atoms with Crippen molar-refractivity contribution >= 4 is 21.4 Å². The van der Waals surface area contributed by atoms with Crippen LogP contribution in [0.25, 0.3) is 0 Å². The van der Waals surface area contributed by atoms with Gasteiger partial charge in [0.25, 0.3) is 0 Å². The fraction of sp³-hybridized carbons (Fsp3) is 0.133. The van der Waals surface area contributed by atoms with Crippen LogP contribution in [0.5, 0.6) is 0 Å². The van der Waals surface area contributed by atoms with Crippen molar-refractivity contribution in [1.82, 2.24) is 5.32 Å². The molecule has 0 bridgehead atoms. The first-order valence-corrected chi connectivity index (χ1v) is 8.02. The second-order valence-electron chi connectivity index (χ2n) is 4.56. The Balaban J connectivity index is 2.01. The van der Waals surface area contributed by atoms with Crippen molar-refractivity contribution < 1.29 is 13.2 Å². The summed E-state index contributed by atoms with van der Waals surface area (Å²) in [5.74, 6) is -1.17. The molecule has 0 aliphatic heterocycles. The molecule has 21 heavy (non-hydrogen) atoms. The van der Waals surface area contributed by atoms with E-state index in [1.165, 1.54) is 12.1 Å². The quantitative estimate of drug-likeness (QED) is 0.816. The Morgan fingerprint density at radius 2 is 1.62 bits per heavy atom. The molecule has 0 aromatic heterocycles. The lowest BCUT2D eigenvalue weighted by Crippen LogP contribution is -2.30. The standard InChI is InChI=1S/C15H16N2O3S/c16-13-8-4-5-9-14(13)21(19,20)11-15(18)17-10-12-6-2-1-3-7-12/h1-9H,10-11,16H2,(H,17,18). The van der Waals surface area contributed by atoms with Crippen molar-refractivity contribution in [1.29, 1.82) is 0 Å². The predicted molar refractivity (Wildman–Crippen MR) is 81.2 cm³/mol. The molecular weight excluding hydrogens is 288 g/mol. The van der Waals surface area contributed by atoms with Crippen molar-refractivity contribution in [2.45, 2.75) is 11.4 Å². The van der Waals surface area contributed by atoms with Crippen molar-refractivity contribution in [3.8, 4) is 0 Å². The summed E-state index contributed by atoms with van der Waals surface area (Å²) in [6.07, 6.45) is 0. The molecule has 3 N–H and O–H groups in total. The van der Waals surface area contributed by atoms with Gasteiger partial charge >= 0.3 is 0 Å². The van der Waals surface area contributed by atoms with Crippen LogP contribution in [-0.2, 0) is 21.2 Å². The van der Waals surface area contributed by atoms with Crippen LogP contribution >= 0.6 is 0 Å². The lowest BCUT2D eigenvalue weighted by Gasteiger charge is -2.08. The zero-order valence-electron chi connectivity index (χ0n) is 11.3. The van der Waals surface area contributed by atoms with Crippen LogP contribution in [0.3, 0.4) is 0 Å². The molecule has 0 radical (unpaired) electrons. The Hall–Kier alpha value is -2.34. The van der Waals surface area contributed by atoms with Gasteiger partial charge in [-0.1, -0.05) is 42.5 Å². The van der Waals surface area contributed by atoms with Gasteiger partial charge in [-0.25, -0.2) is 8.42 Å². The number of hydrogen-bond donors (Lipinski definition) is 2. The zero-order valence-corrected chi connectivity index (χ0v) is 12.1. The molecule has 0 spiro atoms. The number of hydrogen-bond acceptors (Lipinski definition) is 4. The number of benzene rings is 2. The van der Waals surface area contributed by atoms with Crippen LogP contribution in [0.15, 0.2) is 59.5 Å². The average Bonchev–Trinajstić information content (AvgIpc) is 2.46. The van der Waals surface area contributed by atoms with E-state index in [4.69, 9.17) is 5.73 Å². The first-order valence-electron chi connectivity index (χ1n) is 6.37. The number of carbonyl (C=O) groups excluding carboxylic acids is 1. The van der Waals surface area contributed by atoms with Crippen LogP contribution in [0.2, 0.25) is 0 Å². The smallest absolute Gasteiger partial charge is 0.235 e. The number of nitrogen functional groups attached to an aromatic ring is 1. The zero-order chi connectivity index (χ0) is 15.3. The summed E-state index contributed by atoms with van der Waals surface area (Å²) < 4.78 is 24.3. The Morgan fingerprint density at radius 3 is 2.29 bits per heavy atom. The van der Waals surface area contributed by atoms with Crippen LogP contribution in [0, 0.1) is 0 Å². The summed E-state index contributed by atoms with van der Waals surface area (Å²) in [4.78, 5) is 11.8. The SMILES string of the molecule is Nc1ccccc1S(=O)(=O)CC(=O)NCc1ccccc1. The number of anilines is 1. The number of carbonyl (C=O) groups is 1. The summed E-state index contributed by atoms with van der Waals surface area (Å²) >= 11 is 0. The van der Waals surface area contributed by atoms with Crippen LogP contribution in [-0.4, -0.2) is 20.1 Å². The third-order valence-electron chi connectivity index (χ3n) is 2.91. The van der Waals surface area contributed by atoms with E-state index in [-0.39, 0.29) is 10.6 Å². The van der Waals surface area contributed by atoms with Crippen molar-refractivity contribution in [2.75, 3.05) is 11.5 Å². The van der Waals surface area contributed by atoms with E-state index < -0.39 is 21.5 Å². The Morgan fingerprint density at radius 1 is 1.00 bits per heavy atom. The van der Waals surface area contributed by atoms with Crippen LogP contribution in [0.1, 0.15) is 5.56 Å². The molecule has 0 heterocycles. The van der Waals surface area contributed by atoms with Gasteiger partial charge in [-0.15, -0.1) is 0 Å². The highest BCUT2D eigenvalue weighted by Crippen LogP contribution is 2.18. The largest absolute Gasteiger partial charge is 0.398 e. The molecule has 1 amide bonds. The molecule has 0 atom stereocenters. The number of para-hydroxylation sites is 1. The molecule has 2 rings (SSSR count). The van der Waals surface area contributed by atoms with E-state index in [1.807, 2.05) is 30.3 Å². The minimum Gasteiger partial charge on any atom is -0.398 e. The van der Waals surface area contributed by atoms with Gasteiger partial charge in [-0.05, 0) is 17.7 Å². The lowest BCUT2D eigenvalue weighted by molar-refractivity contribution is -0.118. The highest BCUT2D eigenvalue weighted by atomic mass is 32.2. The highest BCUT2D eigenvalue weighted by Gasteiger charge is 2.21. The molecule has 0 saturated heterocycles. The van der Waals surface area contributed by atoms with Crippen molar-refractivity contribution in [2.24, 2.45) is 0 Å². The van der Waals surface area contributed by atoms with E-state index >= 15 is 0 Å². The molecular formula is C15H16N2O3S. The molecule has 110 valence electrons. The fourth-order valence-electron chi connectivity index (χ4n) is 1.86. The summed E-state index contributed by atoms with van der Waals surface area (Å²) in [6.45, 7) is 0.291. The molecule has 2 aromatic rings. The topological polar surface area (TPSA) is 89.3 Å². The van der Waals surface area contributed by atoms with Gasteiger partial charge < -0.3 is 11.1 Å². The van der Waals surface area contributed by atoms with Gasteiger partial charge in [0.2, 0.25) is 5.91 Å². The highest BCUT2D eigenvalue weighted by molar-refractivity contribution is 7.92.